The smallest absolute Gasteiger partial charge is 0.481 e. The Balaban J connectivity index is 0.000000423. The van der Waals surface area contributed by atoms with Crippen LogP contribution in [0, 0.1) is 0 Å². The van der Waals surface area contributed by atoms with Crippen LogP contribution in [0.25, 0.3) is 0 Å². The largest absolute Gasteiger partial charge is 0.573 e. The number of aliphatic carboxylic acids is 1. The van der Waals surface area contributed by atoms with Gasteiger partial charge in [-0.05, 0) is 12.1 Å². The minimum Gasteiger partial charge on any atom is -0.481 e. The predicted molar refractivity (Wildman–Crippen MR) is 46.4 cm³/mol. The van der Waals surface area contributed by atoms with E-state index in [9.17, 15) is 13.2 Å². The molecule has 0 bridgehead atoms. The van der Waals surface area contributed by atoms with Gasteiger partial charge in [0.15, 0.2) is 0 Å². The molecule has 0 amide bonds. The van der Waals surface area contributed by atoms with Crippen LogP contribution < -0.4 is 4.74 Å². The van der Waals surface area contributed by atoms with Crippen LogP contribution in [-0.4, -0.2) is 17.4 Å². The molecule has 0 aliphatic rings. The number of benzene rings is 1. The molecule has 0 fully saturated rings. The number of halogens is 3. The Hall–Kier alpha value is -1.72. The van der Waals surface area contributed by atoms with Crippen LogP contribution in [0.2, 0.25) is 0 Å². The highest BCUT2D eigenvalue weighted by molar-refractivity contribution is 5.62. The zero-order valence-electron chi connectivity index (χ0n) is 7.78. The van der Waals surface area contributed by atoms with E-state index in [0.717, 1.165) is 6.92 Å². The number of carboxylic acids is 1. The topological polar surface area (TPSA) is 46.5 Å². The molecule has 0 aliphatic heterocycles. The molecule has 0 aliphatic carbocycles. The van der Waals surface area contributed by atoms with Crippen LogP contribution in [0.4, 0.5) is 13.2 Å². The van der Waals surface area contributed by atoms with Crippen LogP contribution in [0.1, 0.15) is 6.92 Å². The van der Waals surface area contributed by atoms with E-state index in [2.05, 4.69) is 4.74 Å². The molecule has 0 aromatic heterocycles. The molecule has 0 heterocycles. The van der Waals surface area contributed by atoms with Crippen molar-refractivity contribution in [1.29, 1.82) is 0 Å². The summed E-state index contributed by atoms with van der Waals surface area (Å²) in [4.78, 5) is 9.00. The van der Waals surface area contributed by atoms with Crippen molar-refractivity contribution in [3.05, 3.63) is 30.3 Å². The lowest BCUT2D eigenvalue weighted by atomic mass is 10.3. The first-order valence-electron chi connectivity index (χ1n) is 3.81. The third-order valence-electron chi connectivity index (χ3n) is 0.977. The van der Waals surface area contributed by atoms with E-state index >= 15 is 0 Å². The first-order chi connectivity index (χ1) is 6.81. The second kappa shape index (κ2) is 5.90. The van der Waals surface area contributed by atoms with Gasteiger partial charge in [-0.1, -0.05) is 18.2 Å². The Morgan fingerprint density at radius 3 is 2.00 bits per heavy atom. The fraction of sp³-hybridized carbons (Fsp3) is 0.222. The lowest BCUT2D eigenvalue weighted by molar-refractivity contribution is -0.274. The van der Waals surface area contributed by atoms with Crippen LogP contribution in [0.5, 0.6) is 5.75 Å². The maximum Gasteiger partial charge on any atom is 0.573 e. The fourth-order valence-electron chi connectivity index (χ4n) is 0.622. The van der Waals surface area contributed by atoms with Gasteiger partial charge in [-0.3, -0.25) is 4.79 Å². The number of alkyl halides is 3. The average Bonchev–Trinajstić information content (AvgIpc) is 2.01. The maximum absolute atomic E-state index is 11.5. The summed E-state index contributed by atoms with van der Waals surface area (Å²) in [7, 11) is 0. The van der Waals surface area contributed by atoms with Crippen LogP contribution in [0.15, 0.2) is 30.3 Å². The predicted octanol–water partition coefficient (Wildman–Crippen LogP) is 2.68. The van der Waals surface area contributed by atoms with Gasteiger partial charge in [0, 0.05) is 6.92 Å². The van der Waals surface area contributed by atoms with Gasteiger partial charge >= 0.3 is 6.36 Å². The van der Waals surface area contributed by atoms with E-state index in [0.29, 0.717) is 0 Å². The Labute approximate surface area is 84.1 Å². The van der Waals surface area contributed by atoms with Gasteiger partial charge in [-0.2, -0.15) is 0 Å². The summed E-state index contributed by atoms with van der Waals surface area (Å²) in [6, 6.07) is 7.05. The van der Waals surface area contributed by atoms with Gasteiger partial charge in [-0.15, -0.1) is 13.2 Å². The lowest BCUT2D eigenvalue weighted by Crippen LogP contribution is -2.16. The molecule has 1 N–H and O–H groups in total. The number of carboxylic acid groups (broad SMARTS) is 1. The van der Waals surface area contributed by atoms with Crippen molar-refractivity contribution in [3.63, 3.8) is 0 Å². The van der Waals surface area contributed by atoms with Gasteiger partial charge < -0.3 is 9.84 Å². The Morgan fingerprint density at radius 1 is 1.27 bits per heavy atom. The quantitative estimate of drug-likeness (QED) is 0.794. The summed E-state index contributed by atoms with van der Waals surface area (Å²) in [6.07, 6.45) is -4.60. The molecule has 0 saturated heterocycles. The highest BCUT2D eigenvalue weighted by Gasteiger charge is 2.30. The molecule has 0 saturated carbocycles. The van der Waals surface area contributed by atoms with Crippen LogP contribution >= 0.6 is 0 Å². The van der Waals surface area contributed by atoms with Crippen molar-refractivity contribution in [3.8, 4) is 5.75 Å². The Morgan fingerprint density at radius 2 is 1.67 bits per heavy atom. The molecule has 1 aromatic carbocycles. The second-order valence-corrected chi connectivity index (χ2v) is 2.38. The zero-order chi connectivity index (χ0) is 11.9. The first-order valence-corrected chi connectivity index (χ1v) is 3.81. The van der Waals surface area contributed by atoms with Crippen LogP contribution in [0.3, 0.4) is 0 Å². The minimum absolute atomic E-state index is 0.194. The Bertz CT molecular complexity index is 291. The molecule has 84 valence electrons. The number of para-hydroxylation sites is 1. The Kier molecular flexibility index (Phi) is 5.22. The number of carbonyl (C=O) groups is 1. The number of rotatable bonds is 1. The second-order valence-electron chi connectivity index (χ2n) is 2.38. The molecule has 1 rings (SSSR count). The zero-order valence-corrected chi connectivity index (χ0v) is 7.78. The molecule has 15 heavy (non-hydrogen) atoms. The van der Waals surface area contributed by atoms with Crippen molar-refractivity contribution in [2.75, 3.05) is 0 Å². The minimum atomic E-state index is -4.60. The molecule has 0 atom stereocenters. The molecule has 6 heteroatoms. The summed E-state index contributed by atoms with van der Waals surface area (Å²) < 4.78 is 38.2. The maximum atomic E-state index is 11.5. The molecule has 0 spiro atoms. The van der Waals surface area contributed by atoms with Crippen molar-refractivity contribution in [2.24, 2.45) is 0 Å². The SMILES string of the molecule is CC(=O)O.FC(F)(F)Oc1ccccc1. The molecule has 0 radical (unpaired) electrons. The summed E-state index contributed by atoms with van der Waals surface area (Å²) >= 11 is 0. The molecular formula is C9H9F3O3. The highest BCUT2D eigenvalue weighted by Crippen LogP contribution is 2.21. The van der Waals surface area contributed by atoms with Crippen LogP contribution in [-0.2, 0) is 4.79 Å². The lowest BCUT2D eigenvalue weighted by Gasteiger charge is -2.07. The van der Waals surface area contributed by atoms with Crippen molar-refractivity contribution >= 4 is 5.97 Å². The highest BCUT2D eigenvalue weighted by atomic mass is 19.4. The molecule has 0 unspecified atom stereocenters. The van der Waals surface area contributed by atoms with Crippen molar-refractivity contribution < 1.29 is 27.8 Å². The fourth-order valence-corrected chi connectivity index (χ4v) is 0.622. The molecule has 1 aromatic rings. The van der Waals surface area contributed by atoms with Gasteiger partial charge in [0.25, 0.3) is 5.97 Å². The van der Waals surface area contributed by atoms with Crippen molar-refractivity contribution in [2.45, 2.75) is 13.3 Å². The normalized spacial score (nSPS) is 9.87. The number of hydrogen-bond donors (Lipinski definition) is 1. The van der Waals surface area contributed by atoms with E-state index in [-0.39, 0.29) is 5.75 Å². The van der Waals surface area contributed by atoms with Gasteiger partial charge in [0.05, 0.1) is 0 Å². The molecular weight excluding hydrogens is 213 g/mol. The number of hydrogen-bond acceptors (Lipinski definition) is 2. The average molecular weight is 222 g/mol. The van der Waals surface area contributed by atoms with Gasteiger partial charge in [0.2, 0.25) is 0 Å². The molecule has 3 nitrogen and oxygen atoms in total. The van der Waals surface area contributed by atoms with E-state index in [1.165, 1.54) is 24.3 Å². The third kappa shape index (κ3) is 10.2. The van der Waals surface area contributed by atoms with Gasteiger partial charge in [0.1, 0.15) is 5.75 Å². The summed E-state index contributed by atoms with van der Waals surface area (Å²) in [5, 5.41) is 7.42. The van der Waals surface area contributed by atoms with E-state index < -0.39 is 12.3 Å². The van der Waals surface area contributed by atoms with E-state index in [1.807, 2.05) is 0 Å². The van der Waals surface area contributed by atoms with Gasteiger partial charge in [-0.25, -0.2) is 0 Å². The van der Waals surface area contributed by atoms with Crippen molar-refractivity contribution in [1.82, 2.24) is 0 Å². The standard InChI is InChI=1S/C7H5F3O.C2H4O2/c8-7(9,10)11-6-4-2-1-3-5-6;1-2(3)4/h1-5H;1H3,(H,3,4). The summed E-state index contributed by atoms with van der Waals surface area (Å²) in [6.45, 7) is 1.08. The third-order valence-corrected chi connectivity index (χ3v) is 0.977. The summed E-state index contributed by atoms with van der Waals surface area (Å²) in [5.74, 6) is -1.03. The van der Waals surface area contributed by atoms with E-state index in [1.54, 1.807) is 6.07 Å². The number of ether oxygens (including phenoxy) is 1. The van der Waals surface area contributed by atoms with E-state index in [4.69, 9.17) is 9.90 Å². The first kappa shape index (κ1) is 13.3. The monoisotopic (exact) mass is 222 g/mol. The summed E-state index contributed by atoms with van der Waals surface area (Å²) in [5.41, 5.74) is 0.